The Morgan fingerprint density at radius 2 is 2.23 bits per heavy atom. The molecule has 0 fully saturated rings. The molecule has 0 saturated carbocycles. The predicted molar refractivity (Wildman–Crippen MR) is 44.2 cm³/mol. The largest absolute Gasteiger partial charge is 0.478 e. The van der Waals surface area contributed by atoms with E-state index in [1.807, 2.05) is 0 Å². The Labute approximate surface area is 74.9 Å². The maximum absolute atomic E-state index is 10.8. The van der Waals surface area contributed by atoms with Crippen molar-refractivity contribution in [3.8, 4) is 0 Å². The molecule has 1 rings (SSSR count). The van der Waals surface area contributed by atoms with Crippen LogP contribution in [-0.4, -0.2) is 25.7 Å². The first-order chi connectivity index (χ1) is 5.90. The highest BCUT2D eigenvalue weighted by atomic mass is 32.2. The Morgan fingerprint density at radius 1 is 1.62 bits per heavy atom. The van der Waals surface area contributed by atoms with Gasteiger partial charge >= 0.3 is 5.97 Å². The van der Waals surface area contributed by atoms with E-state index in [2.05, 4.69) is 0 Å². The van der Waals surface area contributed by atoms with Gasteiger partial charge in [0.1, 0.15) is 17.1 Å². The van der Waals surface area contributed by atoms with Crippen molar-refractivity contribution in [2.45, 2.75) is 5.75 Å². The summed E-state index contributed by atoms with van der Waals surface area (Å²) in [5, 5.41) is 8.60. The number of carbonyl (C=O) groups is 1. The fraction of sp³-hybridized carbons (Fsp3) is 0.286. The van der Waals surface area contributed by atoms with E-state index >= 15 is 0 Å². The van der Waals surface area contributed by atoms with Crippen molar-refractivity contribution in [1.82, 2.24) is 0 Å². The molecule has 1 aromatic heterocycles. The highest BCUT2D eigenvalue weighted by Gasteiger charge is 2.17. The monoisotopic (exact) mass is 204 g/mol. The van der Waals surface area contributed by atoms with Gasteiger partial charge in [0.15, 0.2) is 9.84 Å². The fourth-order valence-corrected chi connectivity index (χ4v) is 1.58. The zero-order chi connectivity index (χ0) is 10.1. The summed E-state index contributed by atoms with van der Waals surface area (Å²) < 4.78 is 26.4. The minimum absolute atomic E-state index is 0.0324. The maximum atomic E-state index is 10.8. The Hall–Kier alpha value is -1.30. The van der Waals surface area contributed by atoms with Crippen molar-refractivity contribution in [3.63, 3.8) is 0 Å². The molecular weight excluding hydrogens is 196 g/mol. The van der Waals surface area contributed by atoms with Crippen LogP contribution >= 0.6 is 0 Å². The molecule has 0 unspecified atom stereocenters. The van der Waals surface area contributed by atoms with Crippen LogP contribution in [0.5, 0.6) is 0 Å². The zero-order valence-electron chi connectivity index (χ0n) is 6.85. The summed E-state index contributed by atoms with van der Waals surface area (Å²) >= 11 is 0. The van der Waals surface area contributed by atoms with E-state index in [1.165, 1.54) is 6.07 Å². The second-order valence-corrected chi connectivity index (χ2v) is 4.77. The molecule has 1 aromatic rings. The Kier molecular flexibility index (Phi) is 2.42. The number of furan rings is 1. The predicted octanol–water partition coefficient (Wildman–Crippen LogP) is 0.522. The number of sulfone groups is 1. The van der Waals surface area contributed by atoms with E-state index in [1.54, 1.807) is 0 Å². The second-order valence-electron chi connectivity index (χ2n) is 2.63. The maximum Gasteiger partial charge on any atom is 0.339 e. The molecule has 0 bridgehead atoms. The molecular formula is C7H8O5S. The van der Waals surface area contributed by atoms with E-state index in [0.29, 0.717) is 0 Å². The molecule has 0 amide bonds. The van der Waals surface area contributed by atoms with E-state index in [-0.39, 0.29) is 17.1 Å². The van der Waals surface area contributed by atoms with Crippen LogP contribution in [0.3, 0.4) is 0 Å². The highest BCUT2D eigenvalue weighted by Crippen LogP contribution is 2.13. The normalized spacial score (nSPS) is 11.5. The highest BCUT2D eigenvalue weighted by molar-refractivity contribution is 7.89. The van der Waals surface area contributed by atoms with Crippen molar-refractivity contribution in [2.75, 3.05) is 6.26 Å². The summed E-state index contributed by atoms with van der Waals surface area (Å²) in [6.07, 6.45) is 2.17. The fourth-order valence-electron chi connectivity index (χ4n) is 0.881. The van der Waals surface area contributed by atoms with Gasteiger partial charge in [-0.1, -0.05) is 0 Å². The Balaban J connectivity index is 3.02. The summed E-state index contributed by atoms with van der Waals surface area (Å²) in [5.41, 5.74) is -0.106. The van der Waals surface area contributed by atoms with E-state index in [4.69, 9.17) is 9.52 Å². The van der Waals surface area contributed by atoms with E-state index in [9.17, 15) is 13.2 Å². The number of carboxylic acid groups (broad SMARTS) is 1. The van der Waals surface area contributed by atoms with Gasteiger partial charge in [0.05, 0.1) is 6.26 Å². The van der Waals surface area contributed by atoms with Gasteiger partial charge in [-0.15, -0.1) is 0 Å². The molecule has 0 radical (unpaired) electrons. The van der Waals surface area contributed by atoms with Gasteiger partial charge in [0, 0.05) is 6.26 Å². The average Bonchev–Trinajstić information content (AvgIpc) is 2.31. The van der Waals surface area contributed by atoms with Crippen molar-refractivity contribution in [3.05, 3.63) is 23.7 Å². The molecule has 0 aliphatic rings. The van der Waals surface area contributed by atoms with Crippen molar-refractivity contribution in [2.24, 2.45) is 0 Å². The molecule has 72 valence electrons. The van der Waals surface area contributed by atoms with Crippen LogP contribution < -0.4 is 0 Å². The number of hydrogen-bond acceptors (Lipinski definition) is 4. The number of rotatable bonds is 3. The van der Waals surface area contributed by atoms with Crippen LogP contribution in [0.25, 0.3) is 0 Å². The summed E-state index contributed by atoms with van der Waals surface area (Å²) in [5.74, 6) is -1.61. The SMILES string of the molecule is CS(=O)(=O)Cc1occc1C(=O)O. The number of hydrogen-bond donors (Lipinski definition) is 1. The van der Waals surface area contributed by atoms with Crippen LogP contribution in [0.4, 0.5) is 0 Å². The van der Waals surface area contributed by atoms with Gasteiger partial charge in [-0.2, -0.15) is 0 Å². The molecule has 0 spiro atoms. The van der Waals surface area contributed by atoms with E-state index < -0.39 is 15.8 Å². The average molecular weight is 204 g/mol. The lowest BCUT2D eigenvalue weighted by molar-refractivity contribution is 0.0695. The number of carboxylic acids is 1. The van der Waals surface area contributed by atoms with Crippen molar-refractivity contribution < 1.29 is 22.7 Å². The molecule has 0 aliphatic heterocycles. The van der Waals surface area contributed by atoms with Crippen molar-refractivity contribution in [1.29, 1.82) is 0 Å². The first-order valence-electron chi connectivity index (χ1n) is 3.37. The van der Waals surface area contributed by atoms with Crippen LogP contribution in [0, 0.1) is 0 Å². The summed E-state index contributed by atoms with van der Waals surface area (Å²) in [6.45, 7) is 0. The third-order valence-corrected chi connectivity index (χ3v) is 2.16. The summed E-state index contributed by atoms with van der Waals surface area (Å²) in [4.78, 5) is 10.5. The van der Waals surface area contributed by atoms with Crippen LogP contribution in [0.1, 0.15) is 16.1 Å². The molecule has 6 heteroatoms. The van der Waals surface area contributed by atoms with Crippen LogP contribution in [0.2, 0.25) is 0 Å². The molecule has 0 aliphatic carbocycles. The molecule has 0 saturated heterocycles. The first kappa shape index (κ1) is 9.79. The topological polar surface area (TPSA) is 84.6 Å². The Bertz CT molecular complexity index is 414. The van der Waals surface area contributed by atoms with E-state index in [0.717, 1.165) is 12.5 Å². The molecule has 5 nitrogen and oxygen atoms in total. The lowest BCUT2D eigenvalue weighted by Gasteiger charge is -1.95. The van der Waals surface area contributed by atoms with Crippen molar-refractivity contribution >= 4 is 15.8 Å². The van der Waals surface area contributed by atoms with Gasteiger partial charge in [0.2, 0.25) is 0 Å². The van der Waals surface area contributed by atoms with Crippen LogP contribution in [-0.2, 0) is 15.6 Å². The molecule has 1 heterocycles. The molecule has 13 heavy (non-hydrogen) atoms. The lowest BCUT2D eigenvalue weighted by atomic mass is 10.3. The quantitative estimate of drug-likeness (QED) is 0.775. The third kappa shape index (κ3) is 2.59. The third-order valence-electron chi connectivity index (χ3n) is 1.37. The van der Waals surface area contributed by atoms with Gasteiger partial charge in [-0.05, 0) is 6.07 Å². The standard InChI is InChI=1S/C7H8O5S/c1-13(10,11)4-6-5(7(8)9)2-3-12-6/h2-3H,4H2,1H3,(H,8,9). The molecule has 0 atom stereocenters. The van der Waals surface area contributed by atoms with Crippen LogP contribution in [0.15, 0.2) is 16.7 Å². The van der Waals surface area contributed by atoms with Gasteiger partial charge < -0.3 is 9.52 Å². The minimum atomic E-state index is -3.26. The zero-order valence-corrected chi connectivity index (χ0v) is 7.67. The lowest BCUT2D eigenvalue weighted by Crippen LogP contribution is -2.05. The second kappa shape index (κ2) is 3.21. The van der Waals surface area contributed by atoms with Gasteiger partial charge in [-0.3, -0.25) is 0 Å². The summed E-state index contributed by atoms with van der Waals surface area (Å²) in [7, 11) is -3.26. The smallest absolute Gasteiger partial charge is 0.339 e. The van der Waals surface area contributed by atoms with Gasteiger partial charge in [-0.25, -0.2) is 13.2 Å². The molecule has 1 N–H and O–H groups in total. The number of aromatic carboxylic acids is 1. The summed E-state index contributed by atoms with van der Waals surface area (Å²) in [6, 6.07) is 1.23. The molecule has 0 aromatic carbocycles. The van der Waals surface area contributed by atoms with Gasteiger partial charge in [0.25, 0.3) is 0 Å². The minimum Gasteiger partial charge on any atom is -0.478 e. The Morgan fingerprint density at radius 3 is 2.69 bits per heavy atom. The first-order valence-corrected chi connectivity index (χ1v) is 5.43.